The first-order valence-corrected chi connectivity index (χ1v) is 1.01. The summed E-state index contributed by atoms with van der Waals surface area (Å²) >= 11 is 0. The van der Waals surface area contributed by atoms with Crippen molar-refractivity contribution < 1.29 is 12.7 Å². The maximum absolute atomic E-state index is 7.65. The summed E-state index contributed by atoms with van der Waals surface area (Å²) in [6.45, 7) is -0.181. The van der Waals surface area contributed by atoms with E-state index >= 15 is 0 Å². The molecular formula is C2H8MgO2. The second-order valence-electron chi connectivity index (χ2n) is 0.418. The van der Waals surface area contributed by atoms with Gasteiger partial charge in [-0.1, -0.05) is 0 Å². The summed E-state index contributed by atoms with van der Waals surface area (Å²) in [6.07, 6.45) is 0. The fourth-order valence-corrected chi connectivity index (χ4v) is 0. The fraction of sp³-hybridized carbons (Fsp3) is 1.00. The molecular weight excluding hydrogens is 80.3 g/mol. The maximum atomic E-state index is 7.65. The molecule has 0 saturated carbocycles. The van der Waals surface area contributed by atoms with E-state index in [-0.39, 0.29) is 32.7 Å². The number of aliphatic hydroxyl groups is 1. The minimum absolute atomic E-state index is 0. The number of ether oxygens (including phenoxy) is 1. The Kier molecular flexibility index (Phi) is 16.2. The number of aliphatic hydroxyl groups excluding tert-OH is 1. The second kappa shape index (κ2) is 8.82. The molecule has 0 radical (unpaired) electrons. The molecule has 0 spiro atoms. The SMILES string of the molecule is COCO.[H-].[H-].[Mg+2]. The van der Waals surface area contributed by atoms with Gasteiger partial charge in [0.15, 0.2) is 0 Å². The minimum Gasteiger partial charge on any atom is -1.00 e. The van der Waals surface area contributed by atoms with E-state index in [1.807, 2.05) is 0 Å². The van der Waals surface area contributed by atoms with Crippen molar-refractivity contribution in [3.8, 4) is 0 Å². The summed E-state index contributed by atoms with van der Waals surface area (Å²) in [7, 11) is 1.43. The van der Waals surface area contributed by atoms with Gasteiger partial charge in [0.2, 0.25) is 0 Å². The zero-order valence-corrected chi connectivity index (χ0v) is 4.68. The van der Waals surface area contributed by atoms with Gasteiger partial charge in [-0.15, -0.1) is 0 Å². The molecule has 0 aromatic rings. The third kappa shape index (κ3) is 11.9. The van der Waals surface area contributed by atoms with Gasteiger partial charge < -0.3 is 12.7 Å². The van der Waals surface area contributed by atoms with Crippen LogP contribution in [0.5, 0.6) is 0 Å². The first-order valence-electron chi connectivity index (χ1n) is 1.01. The Hall–Kier alpha value is 0.686. The summed E-state index contributed by atoms with van der Waals surface area (Å²) in [4.78, 5) is 0. The van der Waals surface area contributed by atoms with Crippen LogP contribution in [-0.4, -0.2) is 42.1 Å². The van der Waals surface area contributed by atoms with Gasteiger partial charge in [-0.25, -0.2) is 0 Å². The van der Waals surface area contributed by atoms with Crippen LogP contribution in [0.15, 0.2) is 0 Å². The average molecular weight is 88.4 g/mol. The van der Waals surface area contributed by atoms with Crippen LogP contribution >= 0.6 is 0 Å². The molecule has 0 aliphatic rings. The van der Waals surface area contributed by atoms with Crippen molar-refractivity contribution in [2.24, 2.45) is 0 Å². The molecule has 0 saturated heterocycles. The van der Waals surface area contributed by atoms with E-state index in [0.29, 0.717) is 0 Å². The van der Waals surface area contributed by atoms with E-state index in [1.165, 1.54) is 7.11 Å². The molecule has 0 rings (SSSR count). The van der Waals surface area contributed by atoms with E-state index in [1.54, 1.807) is 0 Å². The number of rotatable bonds is 1. The maximum Gasteiger partial charge on any atom is 2.00 e. The van der Waals surface area contributed by atoms with Crippen LogP contribution in [-0.2, 0) is 4.74 Å². The Morgan fingerprint density at radius 3 is 2.20 bits per heavy atom. The third-order valence-electron chi connectivity index (χ3n) is 0.129. The zero-order chi connectivity index (χ0) is 3.41. The van der Waals surface area contributed by atoms with Gasteiger partial charge in [-0.05, 0) is 0 Å². The quantitative estimate of drug-likeness (QED) is 0.343. The molecule has 0 aliphatic carbocycles. The van der Waals surface area contributed by atoms with Crippen LogP contribution in [0.1, 0.15) is 2.85 Å². The van der Waals surface area contributed by atoms with Crippen LogP contribution < -0.4 is 0 Å². The molecule has 0 aromatic heterocycles. The van der Waals surface area contributed by atoms with Gasteiger partial charge in [0.05, 0.1) is 0 Å². The summed E-state index contributed by atoms with van der Waals surface area (Å²) < 4.78 is 4.10. The van der Waals surface area contributed by atoms with Gasteiger partial charge in [-0.3, -0.25) is 0 Å². The molecule has 0 amide bonds. The van der Waals surface area contributed by atoms with Crippen LogP contribution in [0.2, 0.25) is 0 Å². The van der Waals surface area contributed by atoms with Crippen LogP contribution in [0, 0.1) is 0 Å². The van der Waals surface area contributed by atoms with Gasteiger partial charge in [0.1, 0.15) is 6.79 Å². The Labute approximate surface area is 50.3 Å². The van der Waals surface area contributed by atoms with Crippen molar-refractivity contribution >= 4 is 23.1 Å². The Morgan fingerprint density at radius 2 is 2.20 bits per heavy atom. The van der Waals surface area contributed by atoms with E-state index < -0.39 is 0 Å². The van der Waals surface area contributed by atoms with Crippen molar-refractivity contribution in [3.63, 3.8) is 0 Å². The van der Waals surface area contributed by atoms with E-state index in [4.69, 9.17) is 5.11 Å². The fourth-order valence-electron chi connectivity index (χ4n) is 0. The molecule has 0 bridgehead atoms. The average Bonchev–Trinajstić information content (AvgIpc) is 1.37. The number of hydrogen-bond donors (Lipinski definition) is 1. The number of hydrogen-bond acceptors (Lipinski definition) is 2. The molecule has 5 heavy (non-hydrogen) atoms. The summed E-state index contributed by atoms with van der Waals surface area (Å²) in [5.74, 6) is 0. The molecule has 0 aromatic carbocycles. The van der Waals surface area contributed by atoms with Crippen LogP contribution in [0.3, 0.4) is 0 Å². The largest absolute Gasteiger partial charge is 2.00 e. The first kappa shape index (κ1) is 9.19. The van der Waals surface area contributed by atoms with Crippen LogP contribution in [0.25, 0.3) is 0 Å². The molecule has 0 unspecified atom stereocenters. The van der Waals surface area contributed by atoms with Crippen molar-refractivity contribution in [2.45, 2.75) is 0 Å². The molecule has 1 N–H and O–H groups in total. The number of methoxy groups -OCH3 is 1. The van der Waals surface area contributed by atoms with E-state index in [9.17, 15) is 0 Å². The standard InChI is InChI=1S/C2H6O2.Mg.2H/c1-4-2-3;;;/h3H,2H2,1H3;;;/q;+2;2*-1. The molecule has 0 fully saturated rings. The monoisotopic (exact) mass is 88.0 g/mol. The first-order chi connectivity index (χ1) is 1.91. The van der Waals surface area contributed by atoms with Crippen molar-refractivity contribution in [3.05, 3.63) is 0 Å². The van der Waals surface area contributed by atoms with Gasteiger partial charge >= 0.3 is 23.1 Å². The molecule has 30 valence electrons. The Balaban J connectivity index is -0.0000000150. The predicted molar refractivity (Wildman–Crippen MR) is 22.1 cm³/mol. The van der Waals surface area contributed by atoms with Crippen molar-refractivity contribution in [2.75, 3.05) is 13.9 Å². The van der Waals surface area contributed by atoms with Gasteiger partial charge in [0.25, 0.3) is 0 Å². The van der Waals surface area contributed by atoms with Crippen molar-refractivity contribution in [1.29, 1.82) is 0 Å². The zero-order valence-electron chi connectivity index (χ0n) is 5.27. The summed E-state index contributed by atoms with van der Waals surface area (Å²) in [5, 5.41) is 7.65. The summed E-state index contributed by atoms with van der Waals surface area (Å²) in [5.41, 5.74) is 0. The topological polar surface area (TPSA) is 29.5 Å². The summed E-state index contributed by atoms with van der Waals surface area (Å²) in [6, 6.07) is 0. The molecule has 2 nitrogen and oxygen atoms in total. The third-order valence-corrected chi connectivity index (χ3v) is 0.129. The van der Waals surface area contributed by atoms with Crippen molar-refractivity contribution in [1.82, 2.24) is 0 Å². The molecule has 0 aliphatic heterocycles. The van der Waals surface area contributed by atoms with E-state index in [2.05, 4.69) is 4.74 Å². The minimum atomic E-state index is -0.181. The second-order valence-corrected chi connectivity index (χ2v) is 0.418. The smallest absolute Gasteiger partial charge is 1.00 e. The predicted octanol–water partition coefficient (Wildman–Crippen LogP) is -0.573. The molecule has 3 heteroatoms. The molecule has 0 atom stereocenters. The normalized spacial score (nSPS) is 6.00. The van der Waals surface area contributed by atoms with Gasteiger partial charge in [-0.2, -0.15) is 0 Å². The molecule has 0 heterocycles. The van der Waals surface area contributed by atoms with Crippen LogP contribution in [0.4, 0.5) is 0 Å². The van der Waals surface area contributed by atoms with E-state index in [0.717, 1.165) is 0 Å². The Bertz CT molecular complexity index is 15.7. The Morgan fingerprint density at radius 1 is 2.00 bits per heavy atom. The van der Waals surface area contributed by atoms with Gasteiger partial charge in [0, 0.05) is 7.11 Å².